The zero-order chi connectivity index (χ0) is 13.8. The Hall–Kier alpha value is -1.14. The van der Waals surface area contributed by atoms with Crippen LogP contribution in [0, 0.1) is 12.8 Å². The second-order valence-electron chi connectivity index (χ2n) is 4.57. The van der Waals surface area contributed by atoms with Gasteiger partial charge in [-0.1, -0.05) is 13.8 Å². The lowest BCUT2D eigenvalue weighted by molar-refractivity contribution is 0.252. The maximum atomic E-state index is 11.0. The first-order chi connectivity index (χ1) is 8.28. The lowest BCUT2D eigenvalue weighted by Crippen LogP contribution is -2.10. The summed E-state index contributed by atoms with van der Waals surface area (Å²) in [5.74, 6) is 0.952. The predicted octanol–water partition coefficient (Wildman–Crippen LogP) is 1.90. The number of pyridine rings is 1. The molecule has 1 aromatic rings. The Bertz CT molecular complexity index is 497. The van der Waals surface area contributed by atoms with Crippen LogP contribution in [0.5, 0.6) is 5.75 Å². The summed E-state index contributed by atoms with van der Waals surface area (Å²) in [5, 5.41) is 0. The number of hydrogen-bond acceptors (Lipinski definition) is 5. The van der Waals surface area contributed by atoms with Crippen molar-refractivity contribution >= 4 is 10.1 Å². The van der Waals surface area contributed by atoms with Gasteiger partial charge < -0.3 is 4.74 Å². The van der Waals surface area contributed by atoms with Gasteiger partial charge in [0.1, 0.15) is 18.1 Å². The first-order valence-electron chi connectivity index (χ1n) is 5.71. The number of aromatic nitrogens is 1. The number of rotatable bonds is 6. The zero-order valence-corrected chi connectivity index (χ0v) is 12.0. The Labute approximate surface area is 108 Å². The van der Waals surface area contributed by atoms with E-state index in [1.54, 1.807) is 6.07 Å². The quantitative estimate of drug-likeness (QED) is 0.741. The monoisotopic (exact) mass is 273 g/mol. The SMILES string of the molecule is Cc1ccc(OCC(C)C)c(COS(C)(=O)=O)n1. The van der Waals surface area contributed by atoms with E-state index in [9.17, 15) is 8.42 Å². The summed E-state index contributed by atoms with van der Waals surface area (Å²) in [6.07, 6.45) is 1.01. The first kappa shape index (κ1) is 14.9. The van der Waals surface area contributed by atoms with Crippen molar-refractivity contribution in [3.8, 4) is 5.75 Å². The highest BCUT2D eigenvalue weighted by molar-refractivity contribution is 7.85. The van der Waals surface area contributed by atoms with Crippen LogP contribution < -0.4 is 4.74 Å². The lowest BCUT2D eigenvalue weighted by Gasteiger charge is -2.12. The van der Waals surface area contributed by atoms with E-state index >= 15 is 0 Å². The van der Waals surface area contributed by atoms with Gasteiger partial charge in [-0.3, -0.25) is 9.17 Å². The van der Waals surface area contributed by atoms with Gasteiger partial charge >= 0.3 is 0 Å². The van der Waals surface area contributed by atoms with Gasteiger partial charge in [-0.25, -0.2) is 0 Å². The molecule has 102 valence electrons. The highest BCUT2D eigenvalue weighted by atomic mass is 32.2. The molecule has 0 aliphatic rings. The predicted molar refractivity (Wildman–Crippen MR) is 68.9 cm³/mol. The molecule has 1 rings (SSSR count). The normalized spacial score (nSPS) is 11.8. The van der Waals surface area contributed by atoms with E-state index in [0.717, 1.165) is 11.9 Å². The molecule has 0 unspecified atom stereocenters. The molecule has 0 aliphatic carbocycles. The number of hydrogen-bond donors (Lipinski definition) is 0. The summed E-state index contributed by atoms with van der Waals surface area (Å²) >= 11 is 0. The van der Waals surface area contributed by atoms with E-state index in [4.69, 9.17) is 8.92 Å². The number of aryl methyl sites for hydroxylation is 1. The molecule has 0 aliphatic heterocycles. The third kappa shape index (κ3) is 5.46. The van der Waals surface area contributed by atoms with Crippen molar-refractivity contribution in [2.24, 2.45) is 5.92 Å². The van der Waals surface area contributed by atoms with Gasteiger partial charge in [-0.15, -0.1) is 0 Å². The fourth-order valence-corrected chi connectivity index (χ4v) is 1.58. The van der Waals surface area contributed by atoms with E-state index in [-0.39, 0.29) is 6.61 Å². The van der Waals surface area contributed by atoms with Gasteiger partial charge in [0.15, 0.2) is 0 Å². The van der Waals surface area contributed by atoms with Crippen molar-refractivity contribution < 1.29 is 17.3 Å². The van der Waals surface area contributed by atoms with Crippen LogP contribution in [-0.2, 0) is 20.9 Å². The first-order valence-corrected chi connectivity index (χ1v) is 7.53. The molecule has 0 atom stereocenters. The minimum Gasteiger partial charge on any atom is -0.491 e. The standard InChI is InChI=1S/C12H19NO4S/c1-9(2)7-16-12-6-5-10(3)13-11(12)8-17-18(4,14)15/h5-6,9H,7-8H2,1-4H3. The van der Waals surface area contributed by atoms with E-state index < -0.39 is 10.1 Å². The van der Waals surface area contributed by atoms with E-state index in [1.807, 2.05) is 26.8 Å². The van der Waals surface area contributed by atoms with Crippen molar-refractivity contribution in [2.45, 2.75) is 27.4 Å². The van der Waals surface area contributed by atoms with Gasteiger partial charge in [-0.05, 0) is 25.0 Å². The Morgan fingerprint density at radius 1 is 1.33 bits per heavy atom. The van der Waals surface area contributed by atoms with Crippen molar-refractivity contribution in [3.63, 3.8) is 0 Å². The number of ether oxygens (including phenoxy) is 1. The summed E-state index contributed by atoms with van der Waals surface area (Å²) in [6.45, 7) is 6.35. The molecule has 0 saturated carbocycles. The van der Waals surface area contributed by atoms with Crippen LogP contribution in [0.2, 0.25) is 0 Å². The lowest BCUT2D eigenvalue weighted by atomic mass is 10.2. The van der Waals surface area contributed by atoms with Crippen molar-refractivity contribution in [1.82, 2.24) is 4.98 Å². The highest BCUT2D eigenvalue weighted by Crippen LogP contribution is 2.19. The maximum Gasteiger partial charge on any atom is 0.264 e. The Balaban J connectivity index is 2.83. The summed E-state index contributed by atoms with van der Waals surface area (Å²) < 4.78 is 32.3. The molecule has 6 heteroatoms. The van der Waals surface area contributed by atoms with Gasteiger partial charge in [0.2, 0.25) is 0 Å². The number of nitrogens with zero attached hydrogens (tertiary/aromatic N) is 1. The molecule has 0 saturated heterocycles. The van der Waals surface area contributed by atoms with Crippen LogP contribution in [0.15, 0.2) is 12.1 Å². The van der Waals surface area contributed by atoms with Gasteiger partial charge in [0.25, 0.3) is 10.1 Å². The third-order valence-electron chi connectivity index (χ3n) is 2.05. The fourth-order valence-electron chi connectivity index (χ4n) is 1.25. The molecule has 0 N–H and O–H groups in total. The molecule has 0 aromatic carbocycles. The smallest absolute Gasteiger partial charge is 0.264 e. The minimum absolute atomic E-state index is 0.103. The van der Waals surface area contributed by atoms with Crippen molar-refractivity contribution in [1.29, 1.82) is 0 Å². The second-order valence-corrected chi connectivity index (χ2v) is 6.21. The topological polar surface area (TPSA) is 65.5 Å². The second kappa shape index (κ2) is 6.15. The van der Waals surface area contributed by atoms with Crippen LogP contribution in [-0.4, -0.2) is 26.3 Å². The molecule has 1 heterocycles. The fraction of sp³-hybridized carbons (Fsp3) is 0.583. The molecule has 0 fully saturated rings. The van der Waals surface area contributed by atoms with E-state index in [2.05, 4.69) is 4.98 Å². The van der Waals surface area contributed by atoms with E-state index in [1.165, 1.54) is 0 Å². The Morgan fingerprint density at radius 3 is 2.56 bits per heavy atom. The van der Waals surface area contributed by atoms with Crippen LogP contribution in [0.4, 0.5) is 0 Å². The molecule has 0 spiro atoms. The molecule has 0 radical (unpaired) electrons. The molecular formula is C12H19NO4S. The largest absolute Gasteiger partial charge is 0.491 e. The van der Waals surface area contributed by atoms with Crippen LogP contribution >= 0.6 is 0 Å². The van der Waals surface area contributed by atoms with Crippen LogP contribution in [0.3, 0.4) is 0 Å². The summed E-state index contributed by atoms with van der Waals surface area (Å²) in [4.78, 5) is 4.24. The molecule has 0 bridgehead atoms. The van der Waals surface area contributed by atoms with Gasteiger partial charge in [0, 0.05) is 5.69 Å². The average Bonchev–Trinajstić information content (AvgIpc) is 2.23. The maximum absolute atomic E-state index is 11.0. The van der Waals surface area contributed by atoms with Crippen LogP contribution in [0.25, 0.3) is 0 Å². The summed E-state index contributed by atoms with van der Waals surface area (Å²) in [7, 11) is -3.48. The molecule has 0 amide bonds. The van der Waals surface area contributed by atoms with Crippen molar-refractivity contribution in [3.05, 3.63) is 23.5 Å². The van der Waals surface area contributed by atoms with Crippen LogP contribution in [0.1, 0.15) is 25.2 Å². The highest BCUT2D eigenvalue weighted by Gasteiger charge is 2.10. The van der Waals surface area contributed by atoms with E-state index in [0.29, 0.717) is 24.0 Å². The third-order valence-corrected chi connectivity index (χ3v) is 2.60. The molecule has 1 aromatic heterocycles. The summed E-state index contributed by atoms with van der Waals surface area (Å²) in [5.41, 5.74) is 1.29. The van der Waals surface area contributed by atoms with Crippen molar-refractivity contribution in [2.75, 3.05) is 12.9 Å². The van der Waals surface area contributed by atoms with Gasteiger partial charge in [0.05, 0.1) is 12.9 Å². The molecular weight excluding hydrogens is 254 g/mol. The summed E-state index contributed by atoms with van der Waals surface area (Å²) in [6, 6.07) is 3.60. The minimum atomic E-state index is -3.48. The van der Waals surface area contributed by atoms with Gasteiger partial charge in [-0.2, -0.15) is 8.42 Å². The Kier molecular flexibility index (Phi) is 5.10. The average molecular weight is 273 g/mol. The Morgan fingerprint density at radius 2 is 2.00 bits per heavy atom. The molecule has 5 nitrogen and oxygen atoms in total. The molecule has 18 heavy (non-hydrogen) atoms. The zero-order valence-electron chi connectivity index (χ0n) is 11.1.